The highest BCUT2D eigenvalue weighted by Gasteiger charge is 2.29. The summed E-state index contributed by atoms with van der Waals surface area (Å²) >= 11 is 0. The van der Waals surface area contributed by atoms with Crippen molar-refractivity contribution >= 4 is 12.2 Å². The zero-order valence-electron chi connectivity index (χ0n) is 19.3. The second-order valence-corrected chi connectivity index (χ2v) is 8.27. The maximum atomic E-state index is 12.6. The van der Waals surface area contributed by atoms with E-state index in [0.29, 0.717) is 17.1 Å². The average Bonchev–Trinajstić information content (AvgIpc) is 3.48. The number of hydrogen-bond acceptors (Lipinski definition) is 4. The van der Waals surface area contributed by atoms with E-state index in [-0.39, 0.29) is 6.61 Å². The number of aryl methyl sites for hydroxylation is 3. The fourth-order valence-corrected chi connectivity index (χ4v) is 3.59. The van der Waals surface area contributed by atoms with Gasteiger partial charge in [0.25, 0.3) is 0 Å². The van der Waals surface area contributed by atoms with E-state index in [9.17, 15) is 13.2 Å². The minimum absolute atomic E-state index is 0.252. The smallest absolute Gasteiger partial charge is 0.416 e. The molecule has 0 saturated carbocycles. The number of nitrogens with zero attached hydrogens (tertiary/aromatic N) is 3. The van der Waals surface area contributed by atoms with Gasteiger partial charge in [-0.1, -0.05) is 24.3 Å². The minimum atomic E-state index is -4.35. The van der Waals surface area contributed by atoms with Crippen molar-refractivity contribution in [2.45, 2.75) is 38.5 Å². The summed E-state index contributed by atoms with van der Waals surface area (Å²) in [4.78, 5) is 8.47. The van der Waals surface area contributed by atoms with E-state index in [4.69, 9.17) is 9.15 Å². The van der Waals surface area contributed by atoms with Crippen LogP contribution in [0.4, 0.5) is 13.2 Å². The van der Waals surface area contributed by atoms with Gasteiger partial charge in [-0.2, -0.15) is 13.2 Å². The third kappa shape index (κ3) is 7.09. The molecule has 0 saturated heterocycles. The van der Waals surface area contributed by atoms with Crippen LogP contribution < -0.4 is 4.74 Å². The molecule has 0 amide bonds. The molecule has 0 aliphatic carbocycles. The summed E-state index contributed by atoms with van der Waals surface area (Å²) in [6.07, 6.45) is 8.40. The van der Waals surface area contributed by atoms with Gasteiger partial charge < -0.3 is 13.7 Å². The lowest BCUT2D eigenvalue weighted by Gasteiger charge is -2.06. The Morgan fingerprint density at radius 3 is 2.40 bits per heavy atom. The van der Waals surface area contributed by atoms with Gasteiger partial charge in [0.1, 0.15) is 24.3 Å². The average molecular weight is 482 g/mol. The van der Waals surface area contributed by atoms with Gasteiger partial charge in [-0.05, 0) is 67.2 Å². The fourth-order valence-electron chi connectivity index (χ4n) is 3.59. The van der Waals surface area contributed by atoms with E-state index < -0.39 is 11.7 Å². The Morgan fingerprint density at radius 2 is 1.71 bits per heavy atom. The molecule has 0 unspecified atom stereocenters. The van der Waals surface area contributed by atoms with Gasteiger partial charge in [-0.15, -0.1) is 0 Å². The quantitative estimate of drug-likeness (QED) is 0.235. The number of aromatic nitrogens is 3. The molecule has 0 aliphatic rings. The minimum Gasteiger partial charge on any atom is -0.487 e. The van der Waals surface area contributed by atoms with Crippen molar-refractivity contribution in [3.05, 3.63) is 101 Å². The predicted octanol–water partition coefficient (Wildman–Crippen LogP) is 6.74. The number of ether oxygens (including phenoxy) is 1. The van der Waals surface area contributed by atoms with E-state index in [0.717, 1.165) is 43.6 Å². The summed E-state index contributed by atoms with van der Waals surface area (Å²) in [5, 5.41) is 0. The lowest BCUT2D eigenvalue weighted by atomic mass is 10.1. The largest absolute Gasteiger partial charge is 0.487 e. The first-order valence-corrected chi connectivity index (χ1v) is 11.3. The molecule has 2 heterocycles. The number of halogens is 3. The van der Waals surface area contributed by atoms with Crippen LogP contribution in [-0.4, -0.2) is 14.5 Å². The van der Waals surface area contributed by atoms with Gasteiger partial charge in [-0.3, -0.25) is 0 Å². The van der Waals surface area contributed by atoms with Gasteiger partial charge in [0.2, 0.25) is 5.89 Å². The SMILES string of the molecule is Cn1cncc1CCCCc1ccc(OCc2coc(/C=C/c3ccc(C(F)(F)F)cc3)n2)cc1. The second-order valence-electron chi connectivity index (χ2n) is 8.27. The molecule has 0 aliphatic heterocycles. The Hall–Kier alpha value is -3.81. The molecule has 0 atom stereocenters. The normalized spacial score (nSPS) is 11.9. The molecule has 35 heavy (non-hydrogen) atoms. The van der Waals surface area contributed by atoms with Crippen LogP contribution in [0.25, 0.3) is 12.2 Å². The summed E-state index contributed by atoms with van der Waals surface area (Å²) in [6, 6.07) is 12.9. The number of oxazole rings is 1. The number of benzene rings is 2. The predicted molar refractivity (Wildman–Crippen MR) is 127 cm³/mol. The van der Waals surface area contributed by atoms with Crippen molar-refractivity contribution in [2.75, 3.05) is 0 Å². The van der Waals surface area contributed by atoms with E-state index in [2.05, 4.69) is 26.7 Å². The van der Waals surface area contributed by atoms with Crippen molar-refractivity contribution in [3.8, 4) is 5.75 Å². The maximum absolute atomic E-state index is 12.6. The van der Waals surface area contributed by atoms with Crippen molar-refractivity contribution in [1.82, 2.24) is 14.5 Å². The third-order valence-corrected chi connectivity index (χ3v) is 5.60. The fraction of sp³-hybridized carbons (Fsp3) is 0.259. The number of imidazole rings is 1. The van der Waals surface area contributed by atoms with Gasteiger partial charge in [0.15, 0.2) is 0 Å². The highest BCUT2D eigenvalue weighted by atomic mass is 19.4. The molecular weight excluding hydrogens is 455 g/mol. The lowest BCUT2D eigenvalue weighted by molar-refractivity contribution is -0.137. The van der Waals surface area contributed by atoms with Crippen LogP contribution >= 0.6 is 0 Å². The number of hydrogen-bond donors (Lipinski definition) is 0. The van der Waals surface area contributed by atoms with Gasteiger partial charge in [0, 0.05) is 25.0 Å². The summed E-state index contributed by atoms with van der Waals surface area (Å²) in [5.41, 5.74) is 3.07. The Balaban J connectivity index is 1.21. The monoisotopic (exact) mass is 481 g/mol. The number of unbranched alkanes of at least 4 members (excludes halogenated alkanes) is 1. The van der Waals surface area contributed by atoms with E-state index in [1.807, 2.05) is 31.7 Å². The molecule has 4 aromatic rings. The number of rotatable bonds is 10. The molecule has 5 nitrogen and oxygen atoms in total. The van der Waals surface area contributed by atoms with Crippen molar-refractivity contribution < 1.29 is 22.3 Å². The molecule has 182 valence electrons. The summed E-state index contributed by atoms with van der Waals surface area (Å²) < 4.78 is 51.2. The molecule has 0 spiro atoms. The molecule has 2 aromatic carbocycles. The third-order valence-electron chi connectivity index (χ3n) is 5.60. The molecule has 0 bridgehead atoms. The number of alkyl halides is 3. The van der Waals surface area contributed by atoms with Gasteiger partial charge >= 0.3 is 6.18 Å². The zero-order chi connectivity index (χ0) is 24.7. The summed E-state index contributed by atoms with van der Waals surface area (Å²) in [5.74, 6) is 1.10. The second kappa shape index (κ2) is 11.1. The molecular formula is C27H26F3N3O2. The molecule has 4 rings (SSSR count). The van der Waals surface area contributed by atoms with Crippen LogP contribution in [0, 0.1) is 0 Å². The Labute approximate surface area is 201 Å². The zero-order valence-corrected chi connectivity index (χ0v) is 19.3. The van der Waals surface area contributed by atoms with Gasteiger partial charge in [0.05, 0.1) is 11.9 Å². The van der Waals surface area contributed by atoms with Crippen molar-refractivity contribution in [2.24, 2.45) is 7.05 Å². The topological polar surface area (TPSA) is 53.1 Å². The van der Waals surface area contributed by atoms with Crippen molar-refractivity contribution in [3.63, 3.8) is 0 Å². The lowest BCUT2D eigenvalue weighted by Crippen LogP contribution is -2.03. The molecule has 0 radical (unpaired) electrons. The standard InChI is InChI=1S/C27H26F3N3O2/c1-33-19-31-16-24(33)5-3-2-4-20-8-13-25(14-9-20)34-17-23-18-35-26(32-23)15-10-21-6-11-22(12-7-21)27(28,29)30/h6-16,18-19H,2-5,17H2,1H3/b15-10+. The summed E-state index contributed by atoms with van der Waals surface area (Å²) in [6.45, 7) is 0.252. The Morgan fingerprint density at radius 1 is 0.971 bits per heavy atom. The van der Waals surface area contributed by atoms with Crippen LogP contribution in [0.1, 0.15) is 46.8 Å². The van der Waals surface area contributed by atoms with Crippen molar-refractivity contribution in [1.29, 1.82) is 0 Å². The molecule has 8 heteroatoms. The Kier molecular flexibility index (Phi) is 7.70. The van der Waals surface area contributed by atoms with Crippen LogP contribution in [-0.2, 0) is 32.7 Å². The first kappa shape index (κ1) is 24.3. The highest BCUT2D eigenvalue weighted by molar-refractivity contribution is 5.66. The molecule has 2 aromatic heterocycles. The van der Waals surface area contributed by atoms with Crippen LogP contribution in [0.3, 0.4) is 0 Å². The van der Waals surface area contributed by atoms with E-state index >= 15 is 0 Å². The maximum Gasteiger partial charge on any atom is 0.416 e. The van der Waals surface area contributed by atoms with Crippen LogP contribution in [0.15, 0.2) is 71.7 Å². The van der Waals surface area contributed by atoms with Gasteiger partial charge in [-0.25, -0.2) is 9.97 Å². The Bertz CT molecular complexity index is 1240. The first-order valence-electron chi connectivity index (χ1n) is 11.3. The van der Waals surface area contributed by atoms with Crippen LogP contribution in [0.5, 0.6) is 5.75 Å². The first-order chi connectivity index (χ1) is 16.9. The molecule has 0 N–H and O–H groups in total. The van der Waals surface area contributed by atoms with E-state index in [1.165, 1.54) is 29.7 Å². The van der Waals surface area contributed by atoms with Crippen LogP contribution in [0.2, 0.25) is 0 Å². The van der Waals surface area contributed by atoms with E-state index in [1.54, 1.807) is 12.2 Å². The molecule has 0 fully saturated rings. The summed E-state index contributed by atoms with van der Waals surface area (Å²) in [7, 11) is 2.01. The highest BCUT2D eigenvalue weighted by Crippen LogP contribution is 2.29.